The number of carbonyl (C=O) groups excluding carboxylic acids is 1. The standard InChI is InChI=1S/C19H19F5N2O5S/c1-26(12-13-2-4-14(5-3-13)30-18(20)21)17(27)10-11-25-32(28,29)16-8-6-15(7-9-16)31-19(22,23)24/h2-9,18,25H,10-12H2,1H3. The number of benzene rings is 2. The lowest BCUT2D eigenvalue weighted by Gasteiger charge is -2.18. The van der Waals surface area contributed by atoms with E-state index in [1.54, 1.807) is 0 Å². The van der Waals surface area contributed by atoms with Gasteiger partial charge in [-0.1, -0.05) is 12.1 Å². The third kappa shape index (κ3) is 8.30. The van der Waals surface area contributed by atoms with Crippen molar-refractivity contribution in [1.29, 1.82) is 0 Å². The minimum atomic E-state index is -4.90. The number of amides is 1. The van der Waals surface area contributed by atoms with Crippen LogP contribution in [0.1, 0.15) is 12.0 Å². The summed E-state index contributed by atoms with van der Waals surface area (Å²) in [4.78, 5) is 13.2. The van der Waals surface area contributed by atoms with Gasteiger partial charge in [-0.15, -0.1) is 13.2 Å². The summed E-state index contributed by atoms with van der Waals surface area (Å²) in [5.74, 6) is -0.985. The first-order valence-corrected chi connectivity index (χ1v) is 10.5. The molecule has 1 amide bonds. The molecule has 0 unspecified atom stereocenters. The number of sulfonamides is 1. The van der Waals surface area contributed by atoms with Crippen LogP contribution in [0, 0.1) is 0 Å². The van der Waals surface area contributed by atoms with Crippen LogP contribution in [0.3, 0.4) is 0 Å². The Morgan fingerprint density at radius 2 is 1.59 bits per heavy atom. The largest absolute Gasteiger partial charge is 0.573 e. The van der Waals surface area contributed by atoms with Crippen LogP contribution < -0.4 is 14.2 Å². The third-order valence-electron chi connectivity index (χ3n) is 3.99. The molecule has 2 aromatic rings. The molecular weight excluding hydrogens is 463 g/mol. The third-order valence-corrected chi connectivity index (χ3v) is 5.47. The topological polar surface area (TPSA) is 84.9 Å². The first kappa shape index (κ1) is 25.3. The Morgan fingerprint density at radius 1 is 1.03 bits per heavy atom. The Hall–Kier alpha value is -2.93. The van der Waals surface area contributed by atoms with E-state index in [4.69, 9.17) is 0 Å². The average Bonchev–Trinajstić information content (AvgIpc) is 2.68. The van der Waals surface area contributed by atoms with Crippen molar-refractivity contribution in [3.63, 3.8) is 0 Å². The molecule has 0 radical (unpaired) electrons. The second-order valence-electron chi connectivity index (χ2n) is 6.44. The number of nitrogens with one attached hydrogen (secondary N) is 1. The van der Waals surface area contributed by atoms with Crippen molar-refractivity contribution >= 4 is 15.9 Å². The van der Waals surface area contributed by atoms with Gasteiger partial charge >= 0.3 is 13.0 Å². The Balaban J connectivity index is 1.84. The van der Waals surface area contributed by atoms with Crippen molar-refractivity contribution in [2.45, 2.75) is 30.8 Å². The number of hydrogen-bond acceptors (Lipinski definition) is 5. The van der Waals surface area contributed by atoms with Crippen molar-refractivity contribution in [2.75, 3.05) is 13.6 Å². The smallest absolute Gasteiger partial charge is 0.435 e. The molecule has 0 aliphatic heterocycles. The van der Waals surface area contributed by atoms with Crippen molar-refractivity contribution in [2.24, 2.45) is 0 Å². The van der Waals surface area contributed by atoms with Crippen LogP contribution in [-0.4, -0.2) is 45.8 Å². The lowest BCUT2D eigenvalue weighted by molar-refractivity contribution is -0.274. The minimum Gasteiger partial charge on any atom is -0.435 e. The number of rotatable bonds is 10. The summed E-state index contributed by atoms with van der Waals surface area (Å²) >= 11 is 0. The summed E-state index contributed by atoms with van der Waals surface area (Å²) in [6.45, 7) is -3.03. The number of halogens is 5. The van der Waals surface area contributed by atoms with Crippen molar-refractivity contribution in [3.8, 4) is 11.5 Å². The van der Waals surface area contributed by atoms with Crippen LogP contribution in [0.4, 0.5) is 22.0 Å². The van der Waals surface area contributed by atoms with E-state index in [-0.39, 0.29) is 30.2 Å². The Labute approximate surface area is 180 Å². The average molecular weight is 482 g/mol. The molecule has 0 aromatic heterocycles. The fourth-order valence-corrected chi connectivity index (χ4v) is 3.56. The van der Waals surface area contributed by atoms with Gasteiger partial charge in [-0.05, 0) is 42.0 Å². The van der Waals surface area contributed by atoms with Crippen molar-refractivity contribution in [1.82, 2.24) is 9.62 Å². The summed E-state index contributed by atoms with van der Waals surface area (Å²) in [6, 6.07) is 9.29. The first-order valence-electron chi connectivity index (χ1n) is 8.99. The molecule has 0 heterocycles. The maximum atomic E-state index is 12.2. The maximum Gasteiger partial charge on any atom is 0.573 e. The highest BCUT2D eigenvalue weighted by Crippen LogP contribution is 2.24. The molecule has 2 aromatic carbocycles. The Kier molecular flexibility index (Phi) is 8.38. The van der Waals surface area contributed by atoms with E-state index in [2.05, 4.69) is 14.2 Å². The molecule has 7 nitrogen and oxygen atoms in total. The normalized spacial score (nSPS) is 12.0. The van der Waals surface area contributed by atoms with E-state index in [1.165, 1.54) is 36.2 Å². The molecule has 32 heavy (non-hydrogen) atoms. The SMILES string of the molecule is CN(Cc1ccc(OC(F)F)cc1)C(=O)CCNS(=O)(=O)c1ccc(OC(F)(F)F)cc1. The van der Waals surface area contributed by atoms with Crippen LogP contribution in [0.15, 0.2) is 53.4 Å². The highest BCUT2D eigenvalue weighted by atomic mass is 32.2. The molecule has 13 heteroatoms. The molecule has 0 saturated carbocycles. The predicted octanol–water partition coefficient (Wildman–Crippen LogP) is 3.51. The molecule has 0 atom stereocenters. The number of hydrogen-bond donors (Lipinski definition) is 1. The second kappa shape index (κ2) is 10.6. The summed E-state index contributed by atoms with van der Waals surface area (Å²) in [7, 11) is -2.56. The highest BCUT2D eigenvalue weighted by molar-refractivity contribution is 7.89. The second-order valence-corrected chi connectivity index (χ2v) is 8.21. The molecular formula is C19H19F5N2O5S. The van der Waals surface area contributed by atoms with E-state index in [1.807, 2.05) is 0 Å². The van der Waals surface area contributed by atoms with Gasteiger partial charge in [0.1, 0.15) is 11.5 Å². The quantitative estimate of drug-likeness (QED) is 0.524. The van der Waals surface area contributed by atoms with Gasteiger partial charge in [0.25, 0.3) is 0 Å². The minimum absolute atomic E-state index is 0.0230. The van der Waals surface area contributed by atoms with Crippen LogP contribution in [0.5, 0.6) is 11.5 Å². The fourth-order valence-electron chi connectivity index (χ4n) is 2.53. The number of carbonyl (C=O) groups is 1. The van der Waals surface area contributed by atoms with Gasteiger partial charge in [0, 0.05) is 26.6 Å². The Morgan fingerprint density at radius 3 is 2.12 bits per heavy atom. The summed E-state index contributed by atoms with van der Waals surface area (Å²) in [6.07, 6.45) is -5.08. The summed E-state index contributed by atoms with van der Waals surface area (Å²) in [5, 5.41) is 0. The zero-order valence-corrected chi connectivity index (χ0v) is 17.4. The Bertz CT molecular complexity index is 996. The zero-order valence-electron chi connectivity index (χ0n) is 16.6. The van der Waals surface area contributed by atoms with Crippen molar-refractivity contribution in [3.05, 3.63) is 54.1 Å². The lowest BCUT2D eigenvalue weighted by atomic mass is 10.2. The van der Waals surface area contributed by atoms with Crippen LogP contribution in [0.25, 0.3) is 0 Å². The van der Waals surface area contributed by atoms with Gasteiger partial charge in [-0.2, -0.15) is 8.78 Å². The first-order chi connectivity index (χ1) is 14.9. The van der Waals surface area contributed by atoms with E-state index in [0.29, 0.717) is 5.56 Å². The molecule has 0 fully saturated rings. The summed E-state index contributed by atoms with van der Waals surface area (Å²) in [5.41, 5.74) is 0.643. The van der Waals surface area contributed by atoms with E-state index < -0.39 is 34.7 Å². The number of nitrogens with zero attached hydrogens (tertiary/aromatic N) is 1. The maximum absolute atomic E-state index is 12.2. The van der Waals surface area contributed by atoms with Gasteiger partial charge < -0.3 is 14.4 Å². The molecule has 176 valence electrons. The molecule has 0 saturated heterocycles. The lowest BCUT2D eigenvalue weighted by Crippen LogP contribution is -2.32. The fraction of sp³-hybridized carbons (Fsp3) is 0.316. The molecule has 0 aliphatic carbocycles. The van der Waals surface area contributed by atoms with E-state index in [0.717, 1.165) is 24.3 Å². The highest BCUT2D eigenvalue weighted by Gasteiger charge is 2.31. The number of ether oxygens (including phenoxy) is 2. The molecule has 1 N–H and O–H groups in total. The molecule has 0 aliphatic rings. The van der Waals surface area contributed by atoms with Crippen LogP contribution in [-0.2, 0) is 21.4 Å². The van der Waals surface area contributed by atoms with Gasteiger partial charge in [-0.25, -0.2) is 13.1 Å². The van der Waals surface area contributed by atoms with Crippen LogP contribution in [0.2, 0.25) is 0 Å². The number of alkyl halides is 5. The van der Waals surface area contributed by atoms with Gasteiger partial charge in [-0.3, -0.25) is 4.79 Å². The molecule has 0 spiro atoms. The predicted molar refractivity (Wildman–Crippen MR) is 102 cm³/mol. The molecule has 2 rings (SSSR count). The summed E-state index contributed by atoms with van der Waals surface area (Å²) < 4.78 is 95.3. The van der Waals surface area contributed by atoms with Crippen LogP contribution >= 0.6 is 0 Å². The zero-order chi connectivity index (χ0) is 23.9. The van der Waals surface area contributed by atoms with E-state index in [9.17, 15) is 35.2 Å². The van der Waals surface area contributed by atoms with Gasteiger partial charge in [0.05, 0.1) is 4.90 Å². The van der Waals surface area contributed by atoms with E-state index >= 15 is 0 Å². The van der Waals surface area contributed by atoms with Gasteiger partial charge in [0.2, 0.25) is 15.9 Å². The molecule has 0 bridgehead atoms. The van der Waals surface area contributed by atoms with Crippen molar-refractivity contribution < 1.29 is 44.6 Å². The van der Waals surface area contributed by atoms with Gasteiger partial charge in [0.15, 0.2) is 0 Å². The monoisotopic (exact) mass is 482 g/mol.